The zero-order valence-electron chi connectivity index (χ0n) is 9.20. The van der Waals surface area contributed by atoms with E-state index in [1.807, 2.05) is 12.1 Å². The largest absolute Gasteiger partial charge is 0.497 e. The standard InChI is InChI=1S/C13H17NO/c1-15-13-7-5-11(6-8-13)10-12-4-2-3-9-14-12/h5-8H,2-4,9-10H2,1H3. The van der Waals surface area contributed by atoms with Gasteiger partial charge in [0.05, 0.1) is 7.11 Å². The number of rotatable bonds is 3. The first-order valence-electron chi connectivity index (χ1n) is 5.53. The summed E-state index contributed by atoms with van der Waals surface area (Å²) in [6.45, 7) is 1.02. The van der Waals surface area contributed by atoms with Crippen molar-refractivity contribution < 1.29 is 4.74 Å². The number of ether oxygens (including phenoxy) is 1. The number of hydrogen-bond acceptors (Lipinski definition) is 2. The Bertz CT molecular complexity index is 340. The zero-order valence-corrected chi connectivity index (χ0v) is 9.20. The van der Waals surface area contributed by atoms with E-state index < -0.39 is 0 Å². The second-order valence-electron chi connectivity index (χ2n) is 3.93. The van der Waals surface area contributed by atoms with E-state index in [0.29, 0.717) is 0 Å². The molecule has 0 N–H and O–H groups in total. The molecule has 1 aromatic carbocycles. The number of hydrogen-bond donors (Lipinski definition) is 0. The molecule has 2 rings (SSSR count). The lowest BCUT2D eigenvalue weighted by Gasteiger charge is -2.11. The molecule has 0 radical (unpaired) electrons. The van der Waals surface area contributed by atoms with Crippen LogP contribution in [0.2, 0.25) is 0 Å². The quantitative estimate of drug-likeness (QED) is 0.740. The van der Waals surface area contributed by atoms with Gasteiger partial charge in [-0.3, -0.25) is 4.99 Å². The van der Waals surface area contributed by atoms with Gasteiger partial charge >= 0.3 is 0 Å². The molecule has 0 spiro atoms. The summed E-state index contributed by atoms with van der Waals surface area (Å²) in [6, 6.07) is 8.27. The number of methoxy groups -OCH3 is 1. The number of aliphatic imine (C=N–C) groups is 1. The highest BCUT2D eigenvalue weighted by Gasteiger charge is 2.05. The Morgan fingerprint density at radius 1 is 1.20 bits per heavy atom. The van der Waals surface area contributed by atoms with Crippen LogP contribution in [0.15, 0.2) is 29.3 Å². The highest BCUT2D eigenvalue weighted by atomic mass is 16.5. The molecule has 0 aromatic heterocycles. The van der Waals surface area contributed by atoms with Gasteiger partial charge in [0, 0.05) is 18.7 Å². The summed E-state index contributed by atoms with van der Waals surface area (Å²) < 4.78 is 5.13. The topological polar surface area (TPSA) is 21.6 Å². The molecule has 2 nitrogen and oxygen atoms in total. The van der Waals surface area contributed by atoms with Gasteiger partial charge < -0.3 is 4.74 Å². The summed E-state index contributed by atoms with van der Waals surface area (Å²) in [6.07, 6.45) is 4.73. The average Bonchev–Trinajstić information content (AvgIpc) is 2.31. The molecular formula is C13H17NO. The highest BCUT2D eigenvalue weighted by molar-refractivity contribution is 5.87. The molecule has 0 saturated carbocycles. The Morgan fingerprint density at radius 2 is 2.00 bits per heavy atom. The fraction of sp³-hybridized carbons (Fsp3) is 0.462. The smallest absolute Gasteiger partial charge is 0.118 e. The van der Waals surface area contributed by atoms with Crippen LogP contribution in [0.3, 0.4) is 0 Å². The van der Waals surface area contributed by atoms with Crippen LogP contribution < -0.4 is 4.74 Å². The van der Waals surface area contributed by atoms with Gasteiger partial charge in [-0.1, -0.05) is 12.1 Å². The molecule has 0 amide bonds. The van der Waals surface area contributed by atoms with Crippen molar-refractivity contribution in [1.82, 2.24) is 0 Å². The van der Waals surface area contributed by atoms with Crippen LogP contribution in [0, 0.1) is 0 Å². The lowest BCUT2D eigenvalue weighted by atomic mass is 10.0. The third-order valence-electron chi connectivity index (χ3n) is 2.78. The fourth-order valence-electron chi connectivity index (χ4n) is 1.88. The normalized spacial score (nSPS) is 15.9. The minimum atomic E-state index is 0.921. The van der Waals surface area contributed by atoms with Crippen molar-refractivity contribution in [1.29, 1.82) is 0 Å². The number of nitrogens with zero attached hydrogens (tertiary/aromatic N) is 1. The predicted molar refractivity (Wildman–Crippen MR) is 62.9 cm³/mol. The van der Waals surface area contributed by atoms with Crippen molar-refractivity contribution >= 4 is 5.71 Å². The van der Waals surface area contributed by atoms with Gasteiger partial charge in [-0.2, -0.15) is 0 Å². The molecular weight excluding hydrogens is 186 g/mol. The summed E-state index contributed by atoms with van der Waals surface area (Å²) in [5.74, 6) is 0.921. The Labute approximate surface area is 91.0 Å². The van der Waals surface area contributed by atoms with Crippen molar-refractivity contribution in [2.75, 3.05) is 13.7 Å². The lowest BCUT2D eigenvalue weighted by Crippen LogP contribution is -2.09. The van der Waals surface area contributed by atoms with Crippen LogP contribution in [0.5, 0.6) is 5.75 Å². The molecule has 0 atom stereocenters. The molecule has 0 aliphatic carbocycles. The minimum Gasteiger partial charge on any atom is -0.497 e. The molecule has 0 unspecified atom stereocenters. The van der Waals surface area contributed by atoms with E-state index in [4.69, 9.17) is 4.74 Å². The maximum absolute atomic E-state index is 5.13. The second-order valence-corrected chi connectivity index (χ2v) is 3.93. The highest BCUT2D eigenvalue weighted by Crippen LogP contribution is 2.14. The van der Waals surface area contributed by atoms with Crippen LogP contribution >= 0.6 is 0 Å². The van der Waals surface area contributed by atoms with Crippen LogP contribution in [-0.2, 0) is 6.42 Å². The van der Waals surface area contributed by atoms with Gasteiger partial charge in [-0.05, 0) is 37.0 Å². The van der Waals surface area contributed by atoms with Crippen molar-refractivity contribution in [2.24, 2.45) is 4.99 Å². The molecule has 2 heteroatoms. The monoisotopic (exact) mass is 203 g/mol. The summed E-state index contributed by atoms with van der Waals surface area (Å²) >= 11 is 0. The Kier molecular flexibility index (Phi) is 3.38. The molecule has 1 aliphatic heterocycles. The van der Waals surface area contributed by atoms with E-state index in [2.05, 4.69) is 17.1 Å². The Morgan fingerprint density at radius 3 is 2.60 bits per heavy atom. The maximum Gasteiger partial charge on any atom is 0.118 e. The van der Waals surface area contributed by atoms with E-state index in [9.17, 15) is 0 Å². The van der Waals surface area contributed by atoms with Crippen LogP contribution in [0.1, 0.15) is 24.8 Å². The molecule has 0 bridgehead atoms. The van der Waals surface area contributed by atoms with E-state index in [1.165, 1.54) is 30.5 Å². The predicted octanol–water partition coefficient (Wildman–Crippen LogP) is 2.86. The lowest BCUT2D eigenvalue weighted by molar-refractivity contribution is 0.414. The molecule has 1 heterocycles. The molecule has 0 fully saturated rings. The van der Waals surface area contributed by atoms with Crippen LogP contribution in [0.4, 0.5) is 0 Å². The molecule has 80 valence electrons. The summed E-state index contributed by atoms with van der Waals surface area (Å²) in [5.41, 5.74) is 2.68. The van der Waals surface area contributed by atoms with Gasteiger partial charge in [-0.15, -0.1) is 0 Å². The summed E-state index contributed by atoms with van der Waals surface area (Å²) in [4.78, 5) is 4.55. The van der Waals surface area contributed by atoms with Crippen molar-refractivity contribution in [2.45, 2.75) is 25.7 Å². The van der Waals surface area contributed by atoms with Crippen LogP contribution in [-0.4, -0.2) is 19.4 Å². The molecule has 15 heavy (non-hydrogen) atoms. The van der Waals surface area contributed by atoms with Crippen molar-refractivity contribution in [3.05, 3.63) is 29.8 Å². The first-order valence-corrected chi connectivity index (χ1v) is 5.53. The fourth-order valence-corrected chi connectivity index (χ4v) is 1.88. The first-order chi connectivity index (χ1) is 7.38. The van der Waals surface area contributed by atoms with Crippen LogP contribution in [0.25, 0.3) is 0 Å². The SMILES string of the molecule is COc1ccc(CC2=NCCCC2)cc1. The first kappa shape index (κ1) is 10.2. The Hall–Kier alpha value is -1.31. The van der Waals surface area contributed by atoms with E-state index in [-0.39, 0.29) is 0 Å². The molecule has 0 saturated heterocycles. The second kappa shape index (κ2) is 4.96. The third-order valence-corrected chi connectivity index (χ3v) is 2.78. The summed E-state index contributed by atoms with van der Waals surface area (Å²) in [7, 11) is 1.69. The van der Waals surface area contributed by atoms with Gasteiger partial charge in [-0.25, -0.2) is 0 Å². The minimum absolute atomic E-state index is 0.921. The van der Waals surface area contributed by atoms with Gasteiger partial charge in [0.15, 0.2) is 0 Å². The maximum atomic E-state index is 5.13. The van der Waals surface area contributed by atoms with E-state index >= 15 is 0 Å². The summed E-state index contributed by atoms with van der Waals surface area (Å²) in [5, 5.41) is 0. The zero-order chi connectivity index (χ0) is 10.5. The molecule has 1 aliphatic rings. The van der Waals surface area contributed by atoms with E-state index in [1.54, 1.807) is 7.11 Å². The number of benzene rings is 1. The average molecular weight is 203 g/mol. The van der Waals surface area contributed by atoms with E-state index in [0.717, 1.165) is 18.7 Å². The van der Waals surface area contributed by atoms with Gasteiger partial charge in [0.2, 0.25) is 0 Å². The molecule has 1 aromatic rings. The Balaban J connectivity index is 2.00. The third kappa shape index (κ3) is 2.82. The van der Waals surface area contributed by atoms with Gasteiger partial charge in [0.25, 0.3) is 0 Å². The van der Waals surface area contributed by atoms with Crippen molar-refractivity contribution in [3.63, 3.8) is 0 Å². The van der Waals surface area contributed by atoms with Gasteiger partial charge in [0.1, 0.15) is 5.75 Å². The van der Waals surface area contributed by atoms with Crippen molar-refractivity contribution in [3.8, 4) is 5.75 Å².